The summed E-state index contributed by atoms with van der Waals surface area (Å²) in [7, 11) is 1.58. The summed E-state index contributed by atoms with van der Waals surface area (Å²) in [5.74, 6) is 0.789. The first-order chi connectivity index (χ1) is 12.4. The molecule has 0 aromatic carbocycles. The van der Waals surface area contributed by atoms with Gasteiger partial charge in [-0.15, -0.1) is 0 Å². The van der Waals surface area contributed by atoms with Gasteiger partial charge >= 0.3 is 0 Å². The first kappa shape index (κ1) is 18.3. The van der Waals surface area contributed by atoms with Gasteiger partial charge in [-0.2, -0.15) is 0 Å². The van der Waals surface area contributed by atoms with Crippen molar-refractivity contribution in [1.29, 1.82) is 0 Å². The predicted octanol–water partition coefficient (Wildman–Crippen LogP) is 2.86. The van der Waals surface area contributed by atoms with Gasteiger partial charge in [0.25, 0.3) is 5.91 Å². The van der Waals surface area contributed by atoms with E-state index in [0.717, 1.165) is 36.2 Å². The van der Waals surface area contributed by atoms with Crippen LogP contribution in [0.1, 0.15) is 38.3 Å². The Bertz CT molecular complexity index is 756. The molecule has 1 aliphatic heterocycles. The highest BCUT2D eigenvalue weighted by Gasteiger charge is 2.35. The second kappa shape index (κ2) is 7.41. The van der Waals surface area contributed by atoms with Crippen LogP contribution in [0.15, 0.2) is 36.7 Å². The van der Waals surface area contributed by atoms with E-state index in [2.05, 4.69) is 16.0 Å². The van der Waals surface area contributed by atoms with Crippen LogP contribution in [0.2, 0.25) is 0 Å². The molecule has 2 N–H and O–H groups in total. The molecule has 1 fully saturated rings. The number of nitrogens with zero attached hydrogens (tertiary/aromatic N) is 3. The Morgan fingerprint density at radius 3 is 2.46 bits per heavy atom. The molecule has 0 saturated carbocycles. The van der Waals surface area contributed by atoms with Crippen molar-refractivity contribution in [2.45, 2.75) is 38.2 Å². The molecule has 1 saturated heterocycles. The lowest BCUT2D eigenvalue weighted by molar-refractivity contribution is -0.152. The predicted molar refractivity (Wildman–Crippen MR) is 102 cm³/mol. The molecule has 1 atom stereocenters. The van der Waals surface area contributed by atoms with Crippen LogP contribution in [0.4, 0.5) is 5.82 Å². The van der Waals surface area contributed by atoms with Gasteiger partial charge in [0.15, 0.2) is 0 Å². The zero-order valence-corrected chi connectivity index (χ0v) is 15.6. The van der Waals surface area contributed by atoms with Crippen LogP contribution in [0.25, 0.3) is 11.1 Å². The summed E-state index contributed by atoms with van der Waals surface area (Å²) in [4.78, 5) is 23.3. The van der Waals surface area contributed by atoms with E-state index < -0.39 is 5.60 Å². The van der Waals surface area contributed by atoms with Gasteiger partial charge in [-0.1, -0.05) is 6.07 Å². The van der Waals surface area contributed by atoms with Crippen LogP contribution in [0.3, 0.4) is 0 Å². The minimum Gasteiger partial charge on any atom is -0.384 e. The Kier molecular flexibility index (Phi) is 5.23. The zero-order chi connectivity index (χ0) is 18.7. The van der Waals surface area contributed by atoms with E-state index in [1.807, 2.05) is 37.1 Å². The van der Waals surface area contributed by atoms with Crippen LogP contribution in [-0.4, -0.2) is 46.6 Å². The average Bonchev–Trinajstić information content (AvgIpc) is 2.68. The largest absolute Gasteiger partial charge is 0.384 e. The Morgan fingerprint density at radius 2 is 1.88 bits per heavy atom. The first-order valence-corrected chi connectivity index (χ1v) is 8.93. The molecule has 0 radical (unpaired) electrons. The molecule has 3 rings (SSSR count). The third kappa shape index (κ3) is 3.85. The summed E-state index contributed by atoms with van der Waals surface area (Å²) in [5, 5.41) is 0. The molecule has 2 aromatic heterocycles. The Morgan fingerprint density at radius 1 is 1.19 bits per heavy atom. The maximum Gasteiger partial charge on any atom is 0.254 e. The number of nitrogens with two attached hydrogens (primary N) is 1. The van der Waals surface area contributed by atoms with Crippen LogP contribution in [0.5, 0.6) is 0 Å². The van der Waals surface area contributed by atoms with Gasteiger partial charge < -0.3 is 15.4 Å². The standard InChI is InChI=1S/C20H26N4O2/c1-20(2,26-3)19(25)24-10-4-5-16(13-24)17-8-6-14(11-22-17)15-7-9-18(21)23-12-15/h6-9,11-12,16H,4-5,10,13H2,1-3H3,(H2,21,23)/t16-/m0/s1. The third-order valence-corrected chi connectivity index (χ3v) is 5.06. The van der Waals surface area contributed by atoms with Gasteiger partial charge in [0.1, 0.15) is 11.4 Å². The fourth-order valence-electron chi connectivity index (χ4n) is 3.26. The van der Waals surface area contributed by atoms with Crippen LogP contribution in [0, 0.1) is 0 Å². The van der Waals surface area contributed by atoms with Gasteiger partial charge in [0, 0.05) is 55.3 Å². The number of nitrogen functional groups attached to an aromatic ring is 1. The molecule has 6 heteroatoms. The van der Waals surface area contributed by atoms with Crippen molar-refractivity contribution >= 4 is 11.7 Å². The average molecular weight is 354 g/mol. The number of hydrogen-bond donors (Lipinski definition) is 1. The smallest absolute Gasteiger partial charge is 0.254 e. The molecular formula is C20H26N4O2. The van der Waals surface area contributed by atoms with E-state index in [1.54, 1.807) is 19.4 Å². The van der Waals surface area contributed by atoms with Crippen molar-refractivity contribution in [2.24, 2.45) is 0 Å². The number of anilines is 1. The van der Waals surface area contributed by atoms with Crippen molar-refractivity contribution in [3.8, 4) is 11.1 Å². The highest BCUT2D eigenvalue weighted by atomic mass is 16.5. The summed E-state index contributed by atoms with van der Waals surface area (Å²) in [5.41, 5.74) is 7.86. The number of ether oxygens (including phenoxy) is 1. The van der Waals surface area contributed by atoms with Crippen LogP contribution >= 0.6 is 0 Å². The number of pyridine rings is 2. The minimum absolute atomic E-state index is 0.0364. The number of hydrogen-bond acceptors (Lipinski definition) is 5. The van der Waals surface area contributed by atoms with E-state index in [1.165, 1.54) is 0 Å². The highest BCUT2D eigenvalue weighted by molar-refractivity contribution is 5.84. The molecule has 1 amide bonds. The zero-order valence-electron chi connectivity index (χ0n) is 15.6. The summed E-state index contributed by atoms with van der Waals surface area (Å²) >= 11 is 0. The maximum atomic E-state index is 12.7. The number of piperidine rings is 1. The molecule has 6 nitrogen and oxygen atoms in total. The molecule has 138 valence electrons. The van der Waals surface area contributed by atoms with Crippen molar-refractivity contribution in [3.05, 3.63) is 42.4 Å². The Balaban J connectivity index is 1.72. The van der Waals surface area contributed by atoms with Gasteiger partial charge in [-0.05, 0) is 44.9 Å². The topological polar surface area (TPSA) is 81.3 Å². The fourth-order valence-corrected chi connectivity index (χ4v) is 3.26. The quantitative estimate of drug-likeness (QED) is 0.913. The van der Waals surface area contributed by atoms with Crippen molar-refractivity contribution < 1.29 is 9.53 Å². The van der Waals surface area contributed by atoms with E-state index in [-0.39, 0.29) is 11.8 Å². The number of amides is 1. The molecule has 1 aliphatic rings. The minimum atomic E-state index is -0.790. The van der Waals surface area contributed by atoms with E-state index in [0.29, 0.717) is 12.4 Å². The van der Waals surface area contributed by atoms with Crippen LogP contribution in [-0.2, 0) is 9.53 Å². The Hall–Kier alpha value is -2.47. The monoisotopic (exact) mass is 354 g/mol. The number of aromatic nitrogens is 2. The van der Waals surface area contributed by atoms with Gasteiger partial charge in [0.05, 0.1) is 0 Å². The molecule has 0 unspecified atom stereocenters. The Labute approximate surface area is 154 Å². The van der Waals surface area contributed by atoms with Gasteiger partial charge in [-0.25, -0.2) is 4.98 Å². The molecule has 0 bridgehead atoms. The summed E-state index contributed by atoms with van der Waals surface area (Å²) < 4.78 is 5.35. The summed E-state index contributed by atoms with van der Waals surface area (Å²) in [6.45, 7) is 5.08. The van der Waals surface area contributed by atoms with Gasteiger partial charge in [-0.3, -0.25) is 9.78 Å². The second-order valence-corrected chi connectivity index (χ2v) is 7.25. The van der Waals surface area contributed by atoms with Crippen molar-refractivity contribution in [3.63, 3.8) is 0 Å². The number of carbonyl (C=O) groups is 1. The van der Waals surface area contributed by atoms with Crippen molar-refractivity contribution in [1.82, 2.24) is 14.9 Å². The maximum absolute atomic E-state index is 12.7. The SMILES string of the molecule is COC(C)(C)C(=O)N1CCC[C@H](c2ccc(-c3ccc(N)nc3)cn2)C1. The molecule has 2 aromatic rings. The number of methoxy groups -OCH3 is 1. The summed E-state index contributed by atoms with van der Waals surface area (Å²) in [6.07, 6.45) is 5.62. The summed E-state index contributed by atoms with van der Waals surface area (Å²) in [6, 6.07) is 7.82. The number of rotatable bonds is 4. The van der Waals surface area contributed by atoms with E-state index >= 15 is 0 Å². The van der Waals surface area contributed by atoms with Gasteiger partial charge in [0.2, 0.25) is 0 Å². The third-order valence-electron chi connectivity index (χ3n) is 5.06. The lowest BCUT2D eigenvalue weighted by atomic mass is 9.92. The number of carbonyl (C=O) groups excluding carboxylic acids is 1. The van der Waals surface area contributed by atoms with E-state index in [9.17, 15) is 4.79 Å². The lowest BCUT2D eigenvalue weighted by Crippen LogP contribution is -2.49. The van der Waals surface area contributed by atoms with E-state index in [4.69, 9.17) is 10.5 Å². The lowest BCUT2D eigenvalue weighted by Gasteiger charge is -2.36. The number of likely N-dealkylation sites (tertiary alicyclic amines) is 1. The highest BCUT2D eigenvalue weighted by Crippen LogP contribution is 2.29. The molecule has 0 aliphatic carbocycles. The normalized spacial score (nSPS) is 18.0. The molecule has 0 spiro atoms. The van der Waals surface area contributed by atoms with Crippen molar-refractivity contribution in [2.75, 3.05) is 25.9 Å². The fraction of sp³-hybridized carbons (Fsp3) is 0.450. The molecular weight excluding hydrogens is 328 g/mol. The second-order valence-electron chi connectivity index (χ2n) is 7.25. The molecule has 26 heavy (non-hydrogen) atoms. The van der Waals surface area contributed by atoms with Crippen LogP contribution < -0.4 is 5.73 Å². The molecule has 3 heterocycles. The first-order valence-electron chi connectivity index (χ1n) is 8.93.